The Bertz CT molecular complexity index is 1990. The van der Waals surface area contributed by atoms with E-state index >= 15 is 0 Å². The minimum atomic E-state index is -4.97. The van der Waals surface area contributed by atoms with Crippen molar-refractivity contribution < 1.29 is 80.2 Å². The molecule has 3 N–H and O–H groups in total. The van der Waals surface area contributed by atoms with Gasteiger partial charge >= 0.3 is 39.5 Å². The second-order valence-electron chi connectivity index (χ2n) is 28.6. The number of ether oxygens (including phenoxy) is 4. The van der Waals surface area contributed by atoms with Crippen LogP contribution in [-0.4, -0.2) is 96.7 Å². The molecular weight excluding hydrogens is 1290 g/mol. The van der Waals surface area contributed by atoms with E-state index in [0.29, 0.717) is 25.7 Å². The van der Waals surface area contributed by atoms with Gasteiger partial charge in [-0.2, -0.15) is 0 Å². The summed E-state index contributed by atoms with van der Waals surface area (Å²) in [6.45, 7) is 7.22. The van der Waals surface area contributed by atoms with E-state index in [2.05, 4.69) is 58.9 Å². The molecule has 0 amide bonds. The molecule has 0 aromatic heterocycles. The first-order valence-electron chi connectivity index (χ1n) is 41.0. The molecule has 0 spiro atoms. The second kappa shape index (κ2) is 72.5. The number of carbonyl (C=O) groups excluding carboxylic acids is 4. The number of phosphoric acid groups is 2. The predicted molar refractivity (Wildman–Crippen MR) is 404 cm³/mol. The van der Waals surface area contributed by atoms with Crippen LogP contribution in [0.1, 0.15) is 401 Å². The summed E-state index contributed by atoms with van der Waals surface area (Å²) in [5.74, 6) is -1.41. The first kappa shape index (κ1) is 96.5. The van der Waals surface area contributed by atoms with Crippen LogP contribution in [0.3, 0.4) is 0 Å². The highest BCUT2D eigenvalue weighted by molar-refractivity contribution is 7.47. The average molecular weight is 1450 g/mol. The van der Waals surface area contributed by atoms with E-state index in [0.717, 1.165) is 115 Å². The normalized spacial score (nSPS) is 14.0. The highest BCUT2D eigenvalue weighted by Crippen LogP contribution is 2.45. The second-order valence-corrected chi connectivity index (χ2v) is 31.5. The molecule has 0 aliphatic heterocycles. The predicted octanol–water partition coefficient (Wildman–Crippen LogP) is 23.6. The van der Waals surface area contributed by atoms with E-state index in [4.69, 9.17) is 37.0 Å². The van der Waals surface area contributed by atoms with Crippen LogP contribution < -0.4 is 0 Å². The number of carbonyl (C=O) groups is 4. The highest BCUT2D eigenvalue weighted by atomic mass is 31.2. The van der Waals surface area contributed by atoms with Crippen molar-refractivity contribution in [1.29, 1.82) is 0 Å². The van der Waals surface area contributed by atoms with E-state index < -0.39 is 97.5 Å². The van der Waals surface area contributed by atoms with Gasteiger partial charge in [0.2, 0.25) is 0 Å². The molecule has 0 aromatic carbocycles. The fraction of sp³-hybridized carbons (Fsp3) is 0.900. The molecule has 0 heterocycles. The van der Waals surface area contributed by atoms with Gasteiger partial charge in [-0.3, -0.25) is 37.3 Å². The van der Waals surface area contributed by atoms with Gasteiger partial charge in [0.1, 0.15) is 19.3 Å². The molecule has 0 bridgehead atoms. The van der Waals surface area contributed by atoms with Gasteiger partial charge in [-0.1, -0.05) is 348 Å². The Balaban J connectivity index is 5.29. The van der Waals surface area contributed by atoms with E-state index in [-0.39, 0.29) is 25.7 Å². The van der Waals surface area contributed by atoms with Gasteiger partial charge in [0.25, 0.3) is 0 Å². The number of hydrogen-bond acceptors (Lipinski definition) is 15. The summed E-state index contributed by atoms with van der Waals surface area (Å²) in [5.41, 5.74) is 0. The smallest absolute Gasteiger partial charge is 0.462 e. The fourth-order valence-electron chi connectivity index (χ4n) is 11.9. The number of aliphatic hydroxyl groups is 1. The summed E-state index contributed by atoms with van der Waals surface area (Å²) in [7, 11) is -9.93. The number of phosphoric ester groups is 2. The minimum Gasteiger partial charge on any atom is -0.462 e. The van der Waals surface area contributed by atoms with Crippen LogP contribution in [0.5, 0.6) is 0 Å². The van der Waals surface area contributed by atoms with E-state index in [1.54, 1.807) is 0 Å². The Morgan fingerprint density at radius 2 is 0.545 bits per heavy atom. The zero-order chi connectivity index (χ0) is 72.7. The van der Waals surface area contributed by atoms with Crippen LogP contribution in [0.4, 0.5) is 0 Å². The third-order valence-corrected chi connectivity index (χ3v) is 20.1. The number of unbranched alkanes of at least 4 members (excludes halogenated alkanes) is 47. The Morgan fingerprint density at radius 1 is 0.313 bits per heavy atom. The average Bonchev–Trinajstić information content (AvgIpc) is 1.18. The van der Waals surface area contributed by atoms with Gasteiger partial charge < -0.3 is 33.8 Å². The summed E-state index contributed by atoms with van der Waals surface area (Å²) in [5, 5.41) is 10.6. The summed E-state index contributed by atoms with van der Waals surface area (Å²) in [6.07, 6.45) is 66.0. The number of esters is 4. The van der Waals surface area contributed by atoms with Crippen molar-refractivity contribution in [1.82, 2.24) is 0 Å². The van der Waals surface area contributed by atoms with Crippen LogP contribution in [0.2, 0.25) is 0 Å². The first-order valence-corrected chi connectivity index (χ1v) is 43.9. The van der Waals surface area contributed by atoms with Crippen molar-refractivity contribution >= 4 is 39.5 Å². The Kier molecular flexibility index (Phi) is 70.7. The van der Waals surface area contributed by atoms with Crippen molar-refractivity contribution in [3.05, 3.63) is 24.3 Å². The highest BCUT2D eigenvalue weighted by Gasteiger charge is 2.30. The molecule has 0 rings (SSSR count). The largest absolute Gasteiger partial charge is 0.472 e. The molecule has 0 aliphatic carbocycles. The molecule has 17 nitrogen and oxygen atoms in total. The Morgan fingerprint density at radius 3 is 0.828 bits per heavy atom. The molecule has 584 valence electrons. The van der Waals surface area contributed by atoms with Gasteiger partial charge in [0.15, 0.2) is 12.2 Å². The third kappa shape index (κ3) is 73.6. The summed E-state index contributed by atoms with van der Waals surface area (Å²) in [4.78, 5) is 73.0. The van der Waals surface area contributed by atoms with Crippen molar-refractivity contribution in [2.75, 3.05) is 39.6 Å². The first-order chi connectivity index (χ1) is 48.0. The lowest BCUT2D eigenvalue weighted by Crippen LogP contribution is -2.30. The lowest BCUT2D eigenvalue weighted by atomic mass is 10.0. The van der Waals surface area contributed by atoms with E-state index in [1.807, 2.05) is 0 Å². The summed E-state index contributed by atoms with van der Waals surface area (Å²) < 4.78 is 68.6. The van der Waals surface area contributed by atoms with Gasteiger partial charge in [0.05, 0.1) is 26.4 Å². The molecular formula is C80H152O17P2. The number of hydrogen-bond donors (Lipinski definition) is 3. The van der Waals surface area contributed by atoms with Gasteiger partial charge in [-0.25, -0.2) is 9.13 Å². The van der Waals surface area contributed by atoms with Gasteiger partial charge in [-0.05, 0) is 57.3 Å². The summed E-state index contributed by atoms with van der Waals surface area (Å²) >= 11 is 0. The zero-order valence-electron chi connectivity index (χ0n) is 64.1. The zero-order valence-corrected chi connectivity index (χ0v) is 65.9. The minimum absolute atomic E-state index is 0.0849. The maximum Gasteiger partial charge on any atom is 0.472 e. The van der Waals surface area contributed by atoms with Gasteiger partial charge in [-0.15, -0.1) is 0 Å². The standard InChI is InChI=1S/C80H152O17P2/c1-6-9-12-15-18-21-24-27-30-32-35-38-41-44-51-56-61-66-79(84)96-75(69-90-77(82)63-58-53-48-42-39-36-34-31-28-25-22-19-16-13-10-7-2)71-94-98(86,87)92-67-74(81)68-93-99(88,89)95-72-76(70-91-78(83)64-59-54-49-46-45-47-52-57-62-73(4)5)97-80(85)65-60-55-50-43-40-37-33-29-26-23-20-17-14-11-8-3/h23,26,29,33,73-76,81H,6-22,24-25,27-28,30-32,34-72H2,1-5H3,(H,86,87)(H,88,89)/b26-23-,33-29-/t74-,75-,76-/m1/s1. The number of allylic oxidation sites excluding steroid dienone is 4. The SMILES string of the molecule is CCCCCC/C=C\C=C/CCCCCCCC(=O)O[C@H](COC(=O)CCCCCCCCCCC(C)C)COP(=O)(O)OC[C@H](O)COP(=O)(O)OC[C@@H](COC(=O)CCCCCCCCCCCCCCCCCC)OC(=O)CCCCCCCCCCCCCCCCCCC. The summed E-state index contributed by atoms with van der Waals surface area (Å²) in [6, 6.07) is 0. The molecule has 2 unspecified atom stereocenters. The molecule has 99 heavy (non-hydrogen) atoms. The van der Waals surface area contributed by atoms with Crippen LogP contribution in [0.25, 0.3) is 0 Å². The molecule has 0 aromatic rings. The van der Waals surface area contributed by atoms with Crippen molar-refractivity contribution in [2.24, 2.45) is 5.92 Å². The number of aliphatic hydroxyl groups excluding tert-OH is 1. The quantitative estimate of drug-likeness (QED) is 0.0169. The van der Waals surface area contributed by atoms with Crippen molar-refractivity contribution in [3.8, 4) is 0 Å². The van der Waals surface area contributed by atoms with Crippen molar-refractivity contribution in [3.63, 3.8) is 0 Å². The Labute approximate surface area is 605 Å². The molecule has 0 fully saturated rings. The van der Waals surface area contributed by atoms with Crippen LogP contribution in [-0.2, 0) is 65.4 Å². The maximum atomic E-state index is 13.1. The Hall–Kier alpha value is -2.46. The lowest BCUT2D eigenvalue weighted by Gasteiger charge is -2.21. The number of rotatable bonds is 78. The van der Waals surface area contributed by atoms with E-state index in [9.17, 15) is 43.2 Å². The topological polar surface area (TPSA) is 237 Å². The molecule has 0 aliphatic rings. The van der Waals surface area contributed by atoms with Crippen LogP contribution in [0, 0.1) is 5.92 Å². The molecule has 5 atom stereocenters. The lowest BCUT2D eigenvalue weighted by molar-refractivity contribution is -0.161. The van der Waals surface area contributed by atoms with Crippen LogP contribution >= 0.6 is 15.6 Å². The van der Waals surface area contributed by atoms with Crippen molar-refractivity contribution in [2.45, 2.75) is 419 Å². The molecule has 0 radical (unpaired) electrons. The maximum absolute atomic E-state index is 13.1. The fourth-order valence-corrected chi connectivity index (χ4v) is 13.4. The molecule has 19 heteroatoms. The van der Waals surface area contributed by atoms with Crippen LogP contribution in [0.15, 0.2) is 24.3 Å². The molecule has 0 saturated carbocycles. The third-order valence-electron chi connectivity index (χ3n) is 18.2. The van der Waals surface area contributed by atoms with E-state index in [1.165, 1.54) is 205 Å². The van der Waals surface area contributed by atoms with Gasteiger partial charge in [0, 0.05) is 25.7 Å². The monoisotopic (exact) mass is 1450 g/mol. The molecule has 0 saturated heterocycles.